The van der Waals surface area contributed by atoms with Crippen LogP contribution >= 0.6 is 0 Å². The average Bonchev–Trinajstić information content (AvgIpc) is 3.42. The summed E-state index contributed by atoms with van der Waals surface area (Å²) in [6.45, 7) is 4.02. The van der Waals surface area contributed by atoms with Crippen molar-refractivity contribution in [1.82, 2.24) is 9.80 Å². The number of nitrogens with zero attached hydrogens (tertiary/aromatic N) is 3. The smallest absolute Gasteiger partial charge is 0.229 e. The van der Waals surface area contributed by atoms with Gasteiger partial charge in [-0.3, -0.25) is 9.62 Å². The van der Waals surface area contributed by atoms with Gasteiger partial charge in [-0.25, -0.2) is 8.42 Å². The fourth-order valence-corrected chi connectivity index (χ4v) is 7.08. The largest absolute Gasteiger partial charge is 0.482 e. The molecule has 0 saturated carbocycles. The number of ether oxygens (including phenoxy) is 1. The first-order chi connectivity index (χ1) is 17.8. The SMILES string of the molecule is CS(=O)(=O)Nc1ccc2c(c1)C(N1CCCC1)=CC1(CCN([C@@H]3CCc4cc(C#N)ccc4C3)CC1)O2. The molecule has 2 saturated heterocycles. The first-order valence-electron chi connectivity index (χ1n) is 13.4. The van der Waals surface area contributed by atoms with Gasteiger partial charge in [0.1, 0.15) is 11.4 Å². The van der Waals surface area contributed by atoms with E-state index in [4.69, 9.17) is 4.74 Å². The molecule has 1 spiro atoms. The summed E-state index contributed by atoms with van der Waals surface area (Å²) < 4.78 is 33.0. The highest BCUT2D eigenvalue weighted by molar-refractivity contribution is 7.92. The Morgan fingerprint density at radius 2 is 1.84 bits per heavy atom. The summed E-state index contributed by atoms with van der Waals surface area (Å²) in [6.07, 6.45) is 10.9. The van der Waals surface area contributed by atoms with Crippen LogP contribution in [0.4, 0.5) is 5.69 Å². The molecule has 6 rings (SSSR count). The van der Waals surface area contributed by atoms with Gasteiger partial charge in [-0.15, -0.1) is 0 Å². The van der Waals surface area contributed by atoms with E-state index in [1.807, 2.05) is 18.2 Å². The highest BCUT2D eigenvalue weighted by Crippen LogP contribution is 2.44. The van der Waals surface area contributed by atoms with Crippen molar-refractivity contribution in [1.29, 1.82) is 5.26 Å². The van der Waals surface area contributed by atoms with E-state index in [2.05, 4.69) is 38.8 Å². The van der Waals surface area contributed by atoms with Gasteiger partial charge in [0, 0.05) is 62.0 Å². The van der Waals surface area contributed by atoms with Crippen LogP contribution < -0.4 is 9.46 Å². The summed E-state index contributed by atoms with van der Waals surface area (Å²) in [7, 11) is -3.35. The third kappa shape index (κ3) is 4.95. The third-order valence-electron chi connectivity index (χ3n) is 8.42. The van der Waals surface area contributed by atoms with Gasteiger partial charge in [0.05, 0.1) is 17.9 Å². The van der Waals surface area contributed by atoms with Crippen molar-refractivity contribution in [3.63, 3.8) is 0 Å². The summed E-state index contributed by atoms with van der Waals surface area (Å²) in [4.78, 5) is 5.07. The number of nitrogens with one attached hydrogen (secondary N) is 1. The molecule has 4 aliphatic rings. The maximum absolute atomic E-state index is 11.8. The number of rotatable bonds is 4. The molecule has 0 aromatic heterocycles. The monoisotopic (exact) mass is 518 g/mol. The zero-order chi connectivity index (χ0) is 25.6. The van der Waals surface area contributed by atoms with E-state index in [1.54, 1.807) is 6.07 Å². The molecule has 3 heterocycles. The molecular formula is C29H34N4O3S. The number of fused-ring (bicyclic) bond motifs is 2. The molecule has 0 amide bonds. The molecule has 1 aliphatic carbocycles. The molecule has 0 radical (unpaired) electrons. The fourth-order valence-electron chi connectivity index (χ4n) is 6.52. The van der Waals surface area contributed by atoms with Crippen molar-refractivity contribution in [2.45, 2.75) is 56.6 Å². The molecule has 8 heteroatoms. The Kier molecular flexibility index (Phi) is 6.16. The molecule has 2 aromatic rings. The number of piperidine rings is 1. The van der Waals surface area contributed by atoms with E-state index in [0.29, 0.717) is 11.7 Å². The number of likely N-dealkylation sites (tertiary alicyclic amines) is 2. The molecule has 2 aromatic carbocycles. The predicted molar refractivity (Wildman–Crippen MR) is 145 cm³/mol. The van der Waals surface area contributed by atoms with Crippen LogP contribution in [0.1, 0.15) is 54.4 Å². The van der Waals surface area contributed by atoms with Crippen LogP contribution in [0.15, 0.2) is 42.5 Å². The van der Waals surface area contributed by atoms with Crippen molar-refractivity contribution in [2.24, 2.45) is 0 Å². The highest BCUT2D eigenvalue weighted by Gasteiger charge is 2.41. The lowest BCUT2D eigenvalue weighted by Gasteiger charge is -2.46. The second kappa shape index (κ2) is 9.38. The first kappa shape index (κ1) is 24.3. The summed E-state index contributed by atoms with van der Waals surface area (Å²) in [6, 6.07) is 14.6. The Morgan fingerprint density at radius 3 is 2.57 bits per heavy atom. The Hall–Kier alpha value is -3.02. The van der Waals surface area contributed by atoms with E-state index in [-0.39, 0.29) is 5.60 Å². The molecule has 194 valence electrons. The van der Waals surface area contributed by atoms with E-state index >= 15 is 0 Å². The van der Waals surface area contributed by atoms with Crippen LogP contribution in [-0.2, 0) is 22.9 Å². The maximum atomic E-state index is 11.8. The van der Waals surface area contributed by atoms with Gasteiger partial charge >= 0.3 is 0 Å². The molecule has 0 unspecified atom stereocenters. The minimum absolute atomic E-state index is 0.332. The van der Waals surface area contributed by atoms with Crippen molar-refractivity contribution >= 4 is 21.4 Å². The number of anilines is 1. The Labute approximate surface area is 219 Å². The fraction of sp³-hybridized carbons (Fsp3) is 0.483. The molecular weight excluding hydrogens is 484 g/mol. The second-order valence-electron chi connectivity index (χ2n) is 11.0. The van der Waals surface area contributed by atoms with Crippen LogP contribution in [0, 0.1) is 11.3 Å². The van der Waals surface area contributed by atoms with E-state index in [1.165, 1.54) is 35.9 Å². The van der Waals surface area contributed by atoms with E-state index in [0.717, 1.165) is 75.2 Å². The number of hydrogen-bond acceptors (Lipinski definition) is 6. The molecule has 7 nitrogen and oxygen atoms in total. The van der Waals surface area contributed by atoms with Crippen LogP contribution in [0.3, 0.4) is 0 Å². The third-order valence-corrected chi connectivity index (χ3v) is 9.02. The number of benzene rings is 2. The van der Waals surface area contributed by atoms with Crippen molar-refractivity contribution < 1.29 is 13.2 Å². The van der Waals surface area contributed by atoms with Crippen molar-refractivity contribution in [3.8, 4) is 11.8 Å². The average molecular weight is 519 g/mol. The number of aryl methyl sites for hydroxylation is 1. The number of sulfonamides is 1. The quantitative estimate of drug-likeness (QED) is 0.655. The van der Waals surface area contributed by atoms with Crippen molar-refractivity contribution in [2.75, 3.05) is 37.2 Å². The summed E-state index contributed by atoms with van der Waals surface area (Å²) >= 11 is 0. The topological polar surface area (TPSA) is 85.7 Å². The predicted octanol–water partition coefficient (Wildman–Crippen LogP) is 4.15. The highest BCUT2D eigenvalue weighted by atomic mass is 32.2. The Balaban J connectivity index is 1.21. The molecule has 3 aliphatic heterocycles. The normalized spacial score (nSPS) is 23.0. The zero-order valence-corrected chi connectivity index (χ0v) is 22.2. The molecule has 1 atom stereocenters. The Morgan fingerprint density at radius 1 is 1.05 bits per heavy atom. The van der Waals surface area contributed by atoms with Crippen LogP contribution in [0.5, 0.6) is 5.75 Å². The maximum Gasteiger partial charge on any atom is 0.229 e. The lowest BCUT2D eigenvalue weighted by molar-refractivity contribution is 0.0191. The summed E-state index contributed by atoms with van der Waals surface area (Å²) in [5.74, 6) is 0.844. The minimum atomic E-state index is -3.35. The van der Waals surface area contributed by atoms with Gasteiger partial charge in [0.25, 0.3) is 0 Å². The first-order valence-corrected chi connectivity index (χ1v) is 15.2. The lowest BCUT2D eigenvalue weighted by atomic mass is 9.82. The van der Waals surface area contributed by atoms with Crippen LogP contribution in [-0.4, -0.2) is 62.3 Å². The van der Waals surface area contributed by atoms with Crippen molar-refractivity contribution in [3.05, 3.63) is 64.7 Å². The standard InChI is InChI=1S/C29H34N4O3S/c1-37(34,35)31-24-7-9-28-26(18-24)27(33-12-2-3-13-33)19-29(36-28)10-14-32(15-11-29)25-8-6-22-16-21(20-30)4-5-23(22)17-25/h4-5,7,9,16,18-19,25,31H,2-3,6,8,10-15,17H2,1H3/t25-/m1/s1. The van der Waals surface area contributed by atoms with Gasteiger partial charge in [-0.1, -0.05) is 6.07 Å². The van der Waals surface area contributed by atoms with Crippen LogP contribution in [0.25, 0.3) is 5.70 Å². The minimum Gasteiger partial charge on any atom is -0.482 e. The molecule has 0 bridgehead atoms. The Bertz CT molecular complexity index is 1380. The van der Waals surface area contributed by atoms with Gasteiger partial charge in [-0.05, 0) is 79.6 Å². The van der Waals surface area contributed by atoms with Gasteiger partial charge in [0.2, 0.25) is 10.0 Å². The lowest BCUT2D eigenvalue weighted by Crippen LogP contribution is -2.52. The van der Waals surface area contributed by atoms with Gasteiger partial charge in [0.15, 0.2) is 0 Å². The molecule has 37 heavy (non-hydrogen) atoms. The van der Waals surface area contributed by atoms with Crippen LogP contribution in [0.2, 0.25) is 0 Å². The van der Waals surface area contributed by atoms with E-state index < -0.39 is 10.0 Å². The molecule has 1 N–H and O–H groups in total. The number of nitriles is 1. The molecule has 2 fully saturated rings. The van der Waals surface area contributed by atoms with Gasteiger partial charge < -0.3 is 9.64 Å². The van der Waals surface area contributed by atoms with E-state index in [9.17, 15) is 13.7 Å². The summed E-state index contributed by atoms with van der Waals surface area (Å²) in [5, 5.41) is 9.22. The van der Waals surface area contributed by atoms with Gasteiger partial charge in [-0.2, -0.15) is 5.26 Å². The zero-order valence-electron chi connectivity index (χ0n) is 21.4. The summed E-state index contributed by atoms with van der Waals surface area (Å²) in [5.41, 5.74) is 5.87. The second-order valence-corrected chi connectivity index (χ2v) is 12.8. The number of hydrogen-bond donors (Lipinski definition) is 1.